The van der Waals surface area contributed by atoms with Gasteiger partial charge in [0, 0.05) is 12.6 Å². The third-order valence-electron chi connectivity index (χ3n) is 4.76. The smallest absolute Gasteiger partial charge is 0.408 e. The fourth-order valence-corrected chi connectivity index (χ4v) is 3.12. The lowest BCUT2D eigenvalue weighted by Crippen LogP contribution is -2.53. The minimum atomic E-state index is -1.40. The van der Waals surface area contributed by atoms with E-state index >= 15 is 0 Å². The van der Waals surface area contributed by atoms with Crippen LogP contribution in [0.1, 0.15) is 43.5 Å². The number of hydrogen-bond acceptors (Lipinski definition) is 5. The first-order valence-electron chi connectivity index (χ1n) is 10.8. The molecule has 2 atom stereocenters. The monoisotopic (exact) mass is 465 g/mol. The van der Waals surface area contributed by atoms with E-state index in [1.165, 1.54) is 0 Å². The van der Waals surface area contributed by atoms with E-state index in [0.29, 0.717) is 5.56 Å². The number of amides is 3. The number of hydrogen-bond donors (Lipinski definition) is 3. The van der Waals surface area contributed by atoms with Crippen molar-refractivity contribution in [2.45, 2.75) is 51.9 Å². The minimum absolute atomic E-state index is 0.230. The maximum atomic E-state index is 13.3. The molecule has 34 heavy (non-hydrogen) atoms. The molecule has 3 N–H and O–H groups in total. The molecule has 8 nitrogen and oxygen atoms in total. The number of aliphatic hydroxyl groups excluding tert-OH is 1. The van der Waals surface area contributed by atoms with Crippen LogP contribution in [0.15, 0.2) is 54.6 Å². The van der Waals surface area contributed by atoms with Crippen LogP contribution >= 0.6 is 0 Å². The molecule has 8 heteroatoms. The summed E-state index contributed by atoms with van der Waals surface area (Å²) in [6.45, 7) is 6.39. The zero-order chi connectivity index (χ0) is 25.3. The highest BCUT2D eigenvalue weighted by atomic mass is 16.6. The fourth-order valence-electron chi connectivity index (χ4n) is 3.12. The quantitative estimate of drug-likeness (QED) is 0.410. The number of ether oxygens (including phenoxy) is 1. The van der Waals surface area contributed by atoms with Gasteiger partial charge in [0.05, 0.1) is 6.61 Å². The van der Waals surface area contributed by atoms with Crippen LogP contribution in [-0.2, 0) is 20.9 Å². The van der Waals surface area contributed by atoms with Gasteiger partial charge in [0.2, 0.25) is 5.91 Å². The Morgan fingerprint density at radius 2 is 1.71 bits per heavy atom. The largest absolute Gasteiger partial charge is 0.444 e. The van der Waals surface area contributed by atoms with E-state index < -0.39 is 42.2 Å². The highest BCUT2D eigenvalue weighted by Crippen LogP contribution is 2.23. The van der Waals surface area contributed by atoms with Crippen molar-refractivity contribution in [2.24, 2.45) is 0 Å². The van der Waals surface area contributed by atoms with Crippen molar-refractivity contribution in [2.75, 3.05) is 6.61 Å². The van der Waals surface area contributed by atoms with Crippen LogP contribution in [0.5, 0.6) is 0 Å². The molecule has 0 spiro atoms. The number of nitrogens with zero attached hydrogens (tertiary/aromatic N) is 1. The number of terminal acetylenes is 1. The van der Waals surface area contributed by atoms with E-state index in [2.05, 4.69) is 16.7 Å². The number of nitrogens with one attached hydrogen (secondary N) is 2. The Morgan fingerprint density at radius 3 is 2.24 bits per heavy atom. The number of carbonyl (C=O) groups is 3. The molecular formula is C26H31N3O5. The van der Waals surface area contributed by atoms with E-state index in [9.17, 15) is 19.5 Å². The molecule has 2 unspecified atom stereocenters. The maximum Gasteiger partial charge on any atom is 0.408 e. The zero-order valence-electron chi connectivity index (χ0n) is 19.9. The molecule has 0 aromatic heterocycles. The van der Waals surface area contributed by atoms with E-state index in [1.807, 2.05) is 37.3 Å². The summed E-state index contributed by atoms with van der Waals surface area (Å²) in [6, 6.07) is 16.0. The molecule has 2 aromatic rings. The van der Waals surface area contributed by atoms with Crippen LogP contribution < -0.4 is 10.6 Å². The molecule has 0 heterocycles. The molecule has 0 radical (unpaired) electrons. The number of rotatable bonds is 8. The highest BCUT2D eigenvalue weighted by molar-refractivity contribution is 5.93. The number of aliphatic hydroxyl groups is 1. The van der Waals surface area contributed by atoms with E-state index in [1.54, 1.807) is 45.0 Å². The van der Waals surface area contributed by atoms with Crippen LogP contribution in [0.4, 0.5) is 4.79 Å². The second-order valence-electron chi connectivity index (χ2n) is 8.74. The fraction of sp³-hybridized carbons (Fsp3) is 0.346. The van der Waals surface area contributed by atoms with Crippen LogP contribution in [0.2, 0.25) is 0 Å². The Hall–Kier alpha value is -3.83. The van der Waals surface area contributed by atoms with Gasteiger partial charge in [-0.1, -0.05) is 66.6 Å². The van der Waals surface area contributed by atoms with Gasteiger partial charge < -0.3 is 20.5 Å². The Kier molecular flexibility index (Phi) is 9.22. The first-order chi connectivity index (χ1) is 16.1. The first-order valence-corrected chi connectivity index (χ1v) is 10.8. The number of alkyl carbamates (subject to hydrolysis) is 1. The standard InChI is InChI=1S/C26H31N3O5/c1-6-29(24(32)21(17-30)28-25(33)34-26(3,4)5)22(20-14-12-18(2)13-15-20)23(31)27-16-19-10-8-7-9-11-19/h1,7-15,21-22,30H,16-17H2,2-5H3,(H,27,31)(H,28,33). The Labute approximate surface area is 200 Å². The maximum absolute atomic E-state index is 13.3. The summed E-state index contributed by atoms with van der Waals surface area (Å²) < 4.78 is 5.16. The first kappa shape index (κ1) is 26.4. The Morgan fingerprint density at radius 1 is 1.09 bits per heavy atom. The molecule has 0 aliphatic carbocycles. The van der Waals surface area contributed by atoms with E-state index in [0.717, 1.165) is 16.0 Å². The molecule has 0 fully saturated rings. The third kappa shape index (κ3) is 7.64. The van der Waals surface area contributed by atoms with Gasteiger partial charge >= 0.3 is 6.09 Å². The second kappa shape index (κ2) is 11.9. The summed E-state index contributed by atoms with van der Waals surface area (Å²) in [6.07, 6.45) is 4.77. The summed E-state index contributed by atoms with van der Waals surface area (Å²) in [5.41, 5.74) is 1.51. The SMILES string of the molecule is C#CN(C(=O)C(CO)NC(=O)OC(C)(C)C)C(C(=O)NCc1ccccc1)c1ccc(C)cc1. The van der Waals surface area contributed by atoms with Crippen molar-refractivity contribution >= 4 is 17.9 Å². The van der Waals surface area contributed by atoms with Crippen LogP contribution in [0, 0.1) is 19.4 Å². The lowest BCUT2D eigenvalue weighted by molar-refractivity contribution is -0.139. The van der Waals surface area contributed by atoms with Crippen LogP contribution in [-0.4, -0.2) is 46.2 Å². The van der Waals surface area contributed by atoms with Gasteiger partial charge in [0.25, 0.3) is 5.91 Å². The number of benzene rings is 2. The lowest BCUT2D eigenvalue weighted by atomic mass is 10.0. The van der Waals surface area contributed by atoms with Gasteiger partial charge in [-0.15, -0.1) is 0 Å². The van der Waals surface area contributed by atoms with Gasteiger partial charge in [0.1, 0.15) is 17.7 Å². The summed E-state index contributed by atoms with van der Waals surface area (Å²) in [5, 5.41) is 14.9. The molecule has 0 bridgehead atoms. The molecule has 0 aliphatic heterocycles. The van der Waals surface area contributed by atoms with Crippen LogP contribution in [0.25, 0.3) is 0 Å². The molecular weight excluding hydrogens is 434 g/mol. The van der Waals surface area contributed by atoms with Gasteiger partial charge in [-0.2, -0.15) is 0 Å². The third-order valence-corrected chi connectivity index (χ3v) is 4.76. The molecule has 3 amide bonds. The van der Waals surface area contributed by atoms with E-state index in [4.69, 9.17) is 11.2 Å². The summed E-state index contributed by atoms with van der Waals surface area (Å²) in [7, 11) is 0. The lowest BCUT2D eigenvalue weighted by Gasteiger charge is -2.30. The number of aryl methyl sites for hydroxylation is 1. The van der Waals surface area contributed by atoms with Gasteiger partial charge in [-0.05, 0) is 38.8 Å². The predicted octanol–water partition coefficient (Wildman–Crippen LogP) is 2.66. The molecule has 2 aromatic carbocycles. The van der Waals surface area contributed by atoms with Gasteiger partial charge in [-0.3, -0.25) is 14.5 Å². The molecule has 0 saturated heterocycles. The molecule has 180 valence electrons. The van der Waals surface area contributed by atoms with Crippen molar-refractivity contribution < 1.29 is 24.2 Å². The Bertz CT molecular complexity index is 1020. The summed E-state index contributed by atoms with van der Waals surface area (Å²) in [4.78, 5) is 39.5. The van der Waals surface area contributed by atoms with Crippen molar-refractivity contribution in [3.63, 3.8) is 0 Å². The van der Waals surface area contributed by atoms with Crippen molar-refractivity contribution in [1.82, 2.24) is 15.5 Å². The molecule has 0 saturated carbocycles. The summed E-state index contributed by atoms with van der Waals surface area (Å²) in [5.74, 6) is -1.33. The van der Waals surface area contributed by atoms with Crippen molar-refractivity contribution in [3.05, 3.63) is 71.3 Å². The minimum Gasteiger partial charge on any atom is -0.444 e. The van der Waals surface area contributed by atoms with Gasteiger partial charge in [-0.25, -0.2) is 4.79 Å². The second-order valence-corrected chi connectivity index (χ2v) is 8.74. The van der Waals surface area contributed by atoms with E-state index in [-0.39, 0.29) is 6.54 Å². The highest BCUT2D eigenvalue weighted by Gasteiger charge is 2.35. The van der Waals surface area contributed by atoms with Crippen LogP contribution in [0.3, 0.4) is 0 Å². The average molecular weight is 466 g/mol. The van der Waals surface area contributed by atoms with Crippen molar-refractivity contribution in [1.29, 1.82) is 0 Å². The van der Waals surface area contributed by atoms with Crippen molar-refractivity contribution in [3.8, 4) is 12.5 Å². The normalized spacial score (nSPS) is 12.6. The molecule has 0 aliphatic rings. The molecule has 2 rings (SSSR count). The summed E-state index contributed by atoms with van der Waals surface area (Å²) >= 11 is 0. The predicted molar refractivity (Wildman–Crippen MR) is 128 cm³/mol. The Balaban J connectivity index is 2.31. The topological polar surface area (TPSA) is 108 Å². The van der Waals surface area contributed by atoms with Gasteiger partial charge in [0.15, 0.2) is 0 Å². The zero-order valence-corrected chi connectivity index (χ0v) is 19.9. The number of carbonyl (C=O) groups excluding carboxylic acids is 3. The average Bonchev–Trinajstić information content (AvgIpc) is 2.79.